The van der Waals surface area contributed by atoms with Crippen molar-refractivity contribution < 1.29 is 13.6 Å². The van der Waals surface area contributed by atoms with Gasteiger partial charge >= 0.3 is 0 Å². The van der Waals surface area contributed by atoms with E-state index in [-0.39, 0.29) is 5.69 Å². The second-order valence-corrected chi connectivity index (χ2v) is 2.54. The van der Waals surface area contributed by atoms with Gasteiger partial charge in [0.25, 0.3) is 12.3 Å². The molecule has 0 aromatic carbocycles. The number of hydrogen-bond donors (Lipinski definition) is 3. The molecule has 5 nitrogen and oxygen atoms in total. The third-order valence-electron chi connectivity index (χ3n) is 1.58. The zero-order chi connectivity index (χ0) is 10.9. The van der Waals surface area contributed by atoms with E-state index in [4.69, 9.17) is 11.5 Å². The zero-order valence-electron chi connectivity index (χ0n) is 6.88. The molecule has 1 aromatic rings. The van der Waals surface area contributed by atoms with Crippen molar-refractivity contribution in [2.24, 2.45) is 5.73 Å². The number of amides is 1. The van der Waals surface area contributed by atoms with Gasteiger partial charge in [-0.15, -0.1) is 0 Å². The van der Waals surface area contributed by atoms with Crippen molar-refractivity contribution in [1.82, 2.24) is 4.98 Å². The summed E-state index contributed by atoms with van der Waals surface area (Å²) in [7, 11) is 0. The first kappa shape index (κ1) is 10.2. The molecular weight excluding hydrogens is 196 g/mol. The number of pyridine rings is 1. The molecule has 0 fully saturated rings. The number of aromatic nitrogens is 1. The van der Waals surface area contributed by atoms with Crippen LogP contribution in [0.5, 0.6) is 0 Å². The van der Waals surface area contributed by atoms with Crippen molar-refractivity contribution in [3.63, 3.8) is 0 Å². The number of anilines is 1. The average Bonchev–Trinajstić information content (AvgIpc) is 2.01. The molecule has 0 unspecified atom stereocenters. The van der Waals surface area contributed by atoms with Gasteiger partial charge in [-0.3, -0.25) is 9.59 Å². The van der Waals surface area contributed by atoms with Gasteiger partial charge in [-0.2, -0.15) is 0 Å². The first-order chi connectivity index (χ1) is 6.43. The summed E-state index contributed by atoms with van der Waals surface area (Å²) in [5, 5.41) is 0. The molecular formula is C7H7F2N3O2. The molecule has 0 atom stereocenters. The third-order valence-corrected chi connectivity index (χ3v) is 1.58. The summed E-state index contributed by atoms with van der Waals surface area (Å²) in [6.07, 6.45) is -2.99. The standard InChI is InChI=1S/C7H7F2N3O2/c8-5(9)4-3(13)1-2(7(11)14)12-6(4)10/h1,5H,(H2,11,14)(H3,10,12,13). The van der Waals surface area contributed by atoms with E-state index < -0.39 is 29.1 Å². The predicted octanol–water partition coefficient (Wildman–Crippen LogP) is -0.00640. The first-order valence-corrected chi connectivity index (χ1v) is 3.54. The maximum atomic E-state index is 12.2. The number of rotatable bonds is 2. The van der Waals surface area contributed by atoms with Crippen LogP contribution in [0.15, 0.2) is 10.9 Å². The summed E-state index contributed by atoms with van der Waals surface area (Å²) in [4.78, 5) is 23.7. The fourth-order valence-corrected chi connectivity index (χ4v) is 0.948. The van der Waals surface area contributed by atoms with Gasteiger partial charge in [-0.25, -0.2) is 8.78 Å². The minimum atomic E-state index is -2.99. The Bertz CT molecular complexity index is 427. The highest BCUT2D eigenvalue weighted by Gasteiger charge is 2.18. The lowest BCUT2D eigenvalue weighted by Crippen LogP contribution is -2.21. The maximum Gasteiger partial charge on any atom is 0.271 e. The first-order valence-electron chi connectivity index (χ1n) is 3.54. The average molecular weight is 203 g/mol. The molecule has 1 amide bonds. The van der Waals surface area contributed by atoms with Crippen LogP contribution in [0.1, 0.15) is 22.5 Å². The minimum Gasteiger partial charge on any atom is -0.385 e. The monoisotopic (exact) mass is 203 g/mol. The molecule has 0 spiro atoms. The number of nitrogen functional groups attached to an aromatic ring is 1. The number of H-pyrrole nitrogens is 1. The largest absolute Gasteiger partial charge is 0.385 e. The number of carbonyl (C=O) groups excluding carboxylic acids is 1. The highest BCUT2D eigenvalue weighted by atomic mass is 19.3. The number of hydrogen-bond acceptors (Lipinski definition) is 3. The van der Waals surface area contributed by atoms with E-state index in [2.05, 4.69) is 4.98 Å². The van der Waals surface area contributed by atoms with E-state index >= 15 is 0 Å². The summed E-state index contributed by atoms with van der Waals surface area (Å²) in [6.45, 7) is 0. The quantitative estimate of drug-likeness (QED) is 0.630. The van der Waals surface area contributed by atoms with E-state index in [9.17, 15) is 18.4 Å². The molecule has 76 valence electrons. The molecule has 1 rings (SSSR count). The van der Waals surface area contributed by atoms with Gasteiger partial charge in [0.05, 0.1) is 0 Å². The van der Waals surface area contributed by atoms with E-state index in [0.717, 1.165) is 0 Å². The fourth-order valence-electron chi connectivity index (χ4n) is 0.948. The van der Waals surface area contributed by atoms with Crippen molar-refractivity contribution in [2.45, 2.75) is 6.43 Å². The second-order valence-electron chi connectivity index (χ2n) is 2.54. The Morgan fingerprint density at radius 3 is 2.43 bits per heavy atom. The van der Waals surface area contributed by atoms with Gasteiger partial charge in [0.2, 0.25) is 0 Å². The molecule has 0 saturated heterocycles. The molecule has 0 bridgehead atoms. The van der Waals surface area contributed by atoms with Gasteiger partial charge in [-0.1, -0.05) is 0 Å². The van der Waals surface area contributed by atoms with Crippen LogP contribution in [0.4, 0.5) is 14.6 Å². The van der Waals surface area contributed by atoms with E-state index in [1.54, 1.807) is 0 Å². The lowest BCUT2D eigenvalue weighted by Gasteiger charge is -2.04. The number of nitrogens with two attached hydrogens (primary N) is 2. The number of nitrogens with one attached hydrogen (secondary N) is 1. The van der Waals surface area contributed by atoms with Crippen molar-refractivity contribution in [3.8, 4) is 0 Å². The Morgan fingerprint density at radius 2 is 2.07 bits per heavy atom. The molecule has 14 heavy (non-hydrogen) atoms. The molecule has 1 aromatic heterocycles. The van der Waals surface area contributed by atoms with Crippen LogP contribution in [-0.2, 0) is 0 Å². The van der Waals surface area contributed by atoms with Crippen LogP contribution in [-0.4, -0.2) is 10.9 Å². The van der Waals surface area contributed by atoms with E-state index in [0.29, 0.717) is 6.07 Å². The van der Waals surface area contributed by atoms with Crippen LogP contribution >= 0.6 is 0 Å². The summed E-state index contributed by atoms with van der Waals surface area (Å²) in [6, 6.07) is 0.695. The Kier molecular flexibility index (Phi) is 2.50. The Hall–Kier alpha value is -1.92. The van der Waals surface area contributed by atoms with Gasteiger partial charge in [0.1, 0.15) is 17.1 Å². The molecule has 0 aliphatic carbocycles. The van der Waals surface area contributed by atoms with E-state index in [1.165, 1.54) is 0 Å². The molecule has 0 aliphatic rings. The number of alkyl halides is 2. The minimum absolute atomic E-state index is 0.295. The van der Waals surface area contributed by atoms with Crippen LogP contribution < -0.4 is 16.9 Å². The topological polar surface area (TPSA) is 102 Å². The summed E-state index contributed by atoms with van der Waals surface area (Å²) in [5.41, 5.74) is 7.79. The Balaban J connectivity index is 3.40. The molecule has 1 heterocycles. The van der Waals surface area contributed by atoms with Crippen molar-refractivity contribution in [2.75, 3.05) is 5.73 Å². The highest BCUT2D eigenvalue weighted by Crippen LogP contribution is 2.19. The lowest BCUT2D eigenvalue weighted by atomic mass is 10.2. The van der Waals surface area contributed by atoms with Gasteiger partial charge in [0, 0.05) is 6.07 Å². The zero-order valence-corrected chi connectivity index (χ0v) is 6.88. The maximum absolute atomic E-state index is 12.2. The summed E-state index contributed by atoms with van der Waals surface area (Å²) < 4.78 is 24.4. The SMILES string of the molecule is NC(=O)c1cc(=O)c(C(F)F)c(N)[nH]1. The van der Waals surface area contributed by atoms with Crippen molar-refractivity contribution in [1.29, 1.82) is 0 Å². The second kappa shape index (κ2) is 3.44. The fraction of sp³-hybridized carbons (Fsp3) is 0.143. The predicted molar refractivity (Wildman–Crippen MR) is 44.9 cm³/mol. The van der Waals surface area contributed by atoms with Crippen molar-refractivity contribution in [3.05, 3.63) is 27.5 Å². The molecule has 7 heteroatoms. The Morgan fingerprint density at radius 1 is 1.50 bits per heavy atom. The summed E-state index contributed by atoms with van der Waals surface area (Å²) >= 11 is 0. The van der Waals surface area contributed by atoms with E-state index in [1.807, 2.05) is 0 Å². The van der Waals surface area contributed by atoms with Crippen LogP contribution in [0.3, 0.4) is 0 Å². The normalized spacial score (nSPS) is 10.5. The molecule has 0 radical (unpaired) electrons. The smallest absolute Gasteiger partial charge is 0.271 e. The number of primary amides is 1. The number of halogens is 2. The molecule has 5 N–H and O–H groups in total. The van der Waals surface area contributed by atoms with Crippen LogP contribution in [0.25, 0.3) is 0 Å². The van der Waals surface area contributed by atoms with Gasteiger partial charge in [-0.05, 0) is 0 Å². The highest BCUT2D eigenvalue weighted by molar-refractivity contribution is 5.91. The number of aromatic amines is 1. The molecule has 0 aliphatic heterocycles. The van der Waals surface area contributed by atoms with Gasteiger partial charge < -0.3 is 16.5 Å². The lowest BCUT2D eigenvalue weighted by molar-refractivity contribution is 0.0994. The van der Waals surface area contributed by atoms with Gasteiger partial charge in [0.15, 0.2) is 5.43 Å². The van der Waals surface area contributed by atoms with Crippen molar-refractivity contribution >= 4 is 11.7 Å². The number of carbonyl (C=O) groups is 1. The third kappa shape index (κ3) is 1.70. The molecule has 0 saturated carbocycles. The van der Waals surface area contributed by atoms with Crippen LogP contribution in [0, 0.1) is 0 Å². The Labute approximate surface area is 76.7 Å². The summed E-state index contributed by atoms with van der Waals surface area (Å²) in [5.74, 6) is -1.48. The van der Waals surface area contributed by atoms with Crippen LogP contribution in [0.2, 0.25) is 0 Å².